The molecule has 11 heteroatoms. The van der Waals surface area contributed by atoms with Crippen LogP contribution in [0.5, 0.6) is 11.5 Å². The zero-order valence-electron chi connectivity index (χ0n) is 18.3. The van der Waals surface area contributed by atoms with Gasteiger partial charge in [0.15, 0.2) is 11.5 Å². The van der Waals surface area contributed by atoms with Crippen LogP contribution in [0.4, 0.5) is 5.69 Å². The van der Waals surface area contributed by atoms with Crippen molar-refractivity contribution in [3.63, 3.8) is 0 Å². The number of amides is 1. The minimum atomic E-state index is -3.84. The largest absolute Gasteiger partial charge is 0.493 e. The molecule has 0 unspecified atom stereocenters. The number of rotatable bonds is 6. The fourth-order valence-corrected chi connectivity index (χ4v) is 4.60. The standard InChI is InChI=1S/C20H28N4O6S/c1-20(2,3)24-13-14(12-21-24)22-19(25)16-10-15(11-17(28-4)18(16)29-5)31(26,27)23-6-8-30-9-7-23/h10-13H,6-9H2,1-5H3,(H,22,25). The molecule has 10 nitrogen and oxygen atoms in total. The van der Waals surface area contributed by atoms with Gasteiger partial charge in [0.25, 0.3) is 5.91 Å². The van der Waals surface area contributed by atoms with E-state index in [-0.39, 0.29) is 40.6 Å². The van der Waals surface area contributed by atoms with Crippen LogP contribution >= 0.6 is 0 Å². The van der Waals surface area contributed by atoms with Gasteiger partial charge in [0.2, 0.25) is 10.0 Å². The molecule has 1 saturated heterocycles. The van der Waals surface area contributed by atoms with E-state index in [1.807, 2.05) is 20.8 Å². The molecule has 0 aliphatic carbocycles. The van der Waals surface area contributed by atoms with Gasteiger partial charge in [-0.2, -0.15) is 9.40 Å². The van der Waals surface area contributed by atoms with Crippen LogP contribution in [0.15, 0.2) is 29.4 Å². The number of nitrogens with zero attached hydrogens (tertiary/aromatic N) is 3. The Bertz CT molecular complexity index is 1050. The number of hydrogen-bond acceptors (Lipinski definition) is 7. The van der Waals surface area contributed by atoms with Gasteiger partial charge in [-0.05, 0) is 26.8 Å². The third-order valence-electron chi connectivity index (χ3n) is 4.83. The van der Waals surface area contributed by atoms with Gasteiger partial charge in [-0.25, -0.2) is 8.42 Å². The fourth-order valence-electron chi connectivity index (χ4n) is 3.15. The topological polar surface area (TPSA) is 112 Å². The number of hydrogen-bond donors (Lipinski definition) is 1. The summed E-state index contributed by atoms with van der Waals surface area (Å²) in [5, 5.41) is 7.01. The number of methoxy groups -OCH3 is 2. The summed E-state index contributed by atoms with van der Waals surface area (Å²) in [5.74, 6) is -0.251. The van der Waals surface area contributed by atoms with Crippen molar-refractivity contribution in [2.75, 3.05) is 45.8 Å². The molecule has 1 aliphatic heterocycles. The van der Waals surface area contributed by atoms with Gasteiger partial charge in [0.1, 0.15) is 0 Å². The first-order valence-electron chi connectivity index (χ1n) is 9.78. The third-order valence-corrected chi connectivity index (χ3v) is 6.71. The smallest absolute Gasteiger partial charge is 0.259 e. The number of carbonyl (C=O) groups excluding carboxylic acids is 1. The van der Waals surface area contributed by atoms with E-state index >= 15 is 0 Å². The highest BCUT2D eigenvalue weighted by atomic mass is 32.2. The highest BCUT2D eigenvalue weighted by Crippen LogP contribution is 2.35. The molecule has 0 radical (unpaired) electrons. The summed E-state index contributed by atoms with van der Waals surface area (Å²) in [6, 6.07) is 2.66. The lowest BCUT2D eigenvalue weighted by Crippen LogP contribution is -2.40. The maximum absolute atomic E-state index is 13.1. The van der Waals surface area contributed by atoms with E-state index in [0.29, 0.717) is 18.9 Å². The maximum Gasteiger partial charge on any atom is 0.259 e. The second-order valence-electron chi connectivity index (χ2n) is 8.02. The first-order valence-corrected chi connectivity index (χ1v) is 11.2. The monoisotopic (exact) mass is 452 g/mol. The van der Waals surface area contributed by atoms with E-state index in [0.717, 1.165) is 0 Å². The zero-order valence-corrected chi connectivity index (χ0v) is 19.2. The summed E-state index contributed by atoms with van der Waals surface area (Å²) in [7, 11) is -1.06. The molecule has 3 rings (SSSR count). The Morgan fingerprint density at radius 2 is 1.84 bits per heavy atom. The molecule has 1 aliphatic rings. The van der Waals surface area contributed by atoms with Crippen molar-refractivity contribution >= 4 is 21.6 Å². The lowest BCUT2D eigenvalue weighted by Gasteiger charge is -2.26. The number of anilines is 1. The summed E-state index contributed by atoms with van der Waals surface area (Å²) in [6.07, 6.45) is 3.23. The summed E-state index contributed by atoms with van der Waals surface area (Å²) in [6.45, 7) is 7.07. The van der Waals surface area contributed by atoms with Gasteiger partial charge in [-0.3, -0.25) is 9.48 Å². The van der Waals surface area contributed by atoms with Crippen LogP contribution in [0, 0.1) is 0 Å². The average molecular weight is 453 g/mol. The van der Waals surface area contributed by atoms with Crippen LogP contribution in [0.25, 0.3) is 0 Å². The molecule has 1 N–H and O–H groups in total. The lowest BCUT2D eigenvalue weighted by molar-refractivity contribution is 0.0730. The molecule has 0 spiro atoms. The molecule has 31 heavy (non-hydrogen) atoms. The second kappa shape index (κ2) is 8.85. The van der Waals surface area contributed by atoms with Gasteiger partial charge in [-0.1, -0.05) is 0 Å². The van der Waals surface area contributed by atoms with Crippen LogP contribution < -0.4 is 14.8 Å². The van der Waals surface area contributed by atoms with Gasteiger partial charge < -0.3 is 19.5 Å². The van der Waals surface area contributed by atoms with E-state index in [1.54, 1.807) is 10.9 Å². The molecular weight excluding hydrogens is 424 g/mol. The number of carbonyl (C=O) groups is 1. The van der Waals surface area contributed by atoms with Crippen LogP contribution in [0.1, 0.15) is 31.1 Å². The van der Waals surface area contributed by atoms with Crippen LogP contribution in [0.3, 0.4) is 0 Å². The molecule has 1 aromatic carbocycles. The molecular formula is C20H28N4O6S. The number of benzene rings is 1. The van der Waals surface area contributed by atoms with E-state index in [2.05, 4.69) is 10.4 Å². The zero-order chi connectivity index (χ0) is 22.8. The Morgan fingerprint density at radius 3 is 2.39 bits per heavy atom. The highest BCUT2D eigenvalue weighted by molar-refractivity contribution is 7.89. The van der Waals surface area contributed by atoms with E-state index < -0.39 is 15.9 Å². The molecule has 0 bridgehead atoms. The van der Waals surface area contributed by atoms with Gasteiger partial charge >= 0.3 is 0 Å². The molecule has 0 saturated carbocycles. The Balaban J connectivity index is 1.99. The number of ether oxygens (including phenoxy) is 3. The highest BCUT2D eigenvalue weighted by Gasteiger charge is 2.30. The number of sulfonamides is 1. The van der Waals surface area contributed by atoms with E-state index in [4.69, 9.17) is 14.2 Å². The maximum atomic E-state index is 13.1. The van der Waals surface area contributed by atoms with Crippen molar-refractivity contribution in [2.24, 2.45) is 0 Å². The normalized spacial score (nSPS) is 15.5. The summed E-state index contributed by atoms with van der Waals surface area (Å²) in [5.41, 5.74) is 0.260. The summed E-state index contributed by atoms with van der Waals surface area (Å²) in [4.78, 5) is 13.0. The molecule has 1 amide bonds. The summed E-state index contributed by atoms with van der Waals surface area (Å²) < 4.78 is 45.2. The third kappa shape index (κ3) is 4.83. The van der Waals surface area contributed by atoms with Crippen LogP contribution in [-0.4, -0.2) is 68.9 Å². The van der Waals surface area contributed by atoms with Gasteiger partial charge in [0, 0.05) is 25.4 Å². The lowest BCUT2D eigenvalue weighted by atomic mass is 10.1. The van der Waals surface area contributed by atoms with Crippen molar-refractivity contribution in [2.45, 2.75) is 31.2 Å². The number of aromatic nitrogens is 2. The quantitative estimate of drug-likeness (QED) is 0.713. The first-order chi connectivity index (χ1) is 14.6. The number of morpholine rings is 1. The van der Waals surface area contributed by atoms with Crippen LogP contribution in [-0.2, 0) is 20.3 Å². The van der Waals surface area contributed by atoms with Crippen molar-refractivity contribution in [1.29, 1.82) is 0 Å². The van der Waals surface area contributed by atoms with Crippen molar-refractivity contribution < 1.29 is 27.4 Å². The fraction of sp³-hybridized carbons (Fsp3) is 0.500. The van der Waals surface area contributed by atoms with E-state index in [9.17, 15) is 13.2 Å². The molecule has 170 valence electrons. The Morgan fingerprint density at radius 1 is 1.16 bits per heavy atom. The molecule has 1 aromatic heterocycles. The molecule has 2 heterocycles. The predicted octanol–water partition coefficient (Wildman–Crippen LogP) is 1.93. The Kier molecular flexibility index (Phi) is 6.58. The predicted molar refractivity (Wildman–Crippen MR) is 114 cm³/mol. The Hall–Kier alpha value is -2.63. The minimum absolute atomic E-state index is 0.0391. The molecule has 1 fully saturated rings. The average Bonchev–Trinajstić information content (AvgIpc) is 3.22. The molecule has 0 atom stereocenters. The van der Waals surface area contributed by atoms with Crippen molar-refractivity contribution in [1.82, 2.24) is 14.1 Å². The van der Waals surface area contributed by atoms with Crippen molar-refractivity contribution in [3.05, 3.63) is 30.1 Å². The van der Waals surface area contributed by atoms with Crippen LogP contribution in [0.2, 0.25) is 0 Å². The Labute approximate surface area is 182 Å². The second-order valence-corrected chi connectivity index (χ2v) is 9.96. The van der Waals surface area contributed by atoms with E-state index in [1.165, 1.54) is 36.9 Å². The summed E-state index contributed by atoms with van der Waals surface area (Å²) >= 11 is 0. The first kappa shape index (κ1) is 23.0. The molecule has 2 aromatic rings. The minimum Gasteiger partial charge on any atom is -0.493 e. The van der Waals surface area contributed by atoms with Gasteiger partial charge in [0.05, 0.1) is 55.3 Å². The number of nitrogens with one attached hydrogen (secondary N) is 1. The van der Waals surface area contributed by atoms with Gasteiger partial charge in [-0.15, -0.1) is 0 Å². The SMILES string of the molecule is COc1cc(S(=O)(=O)N2CCOCC2)cc(C(=O)Nc2cnn(C(C)(C)C)c2)c1OC. The van der Waals surface area contributed by atoms with Crippen molar-refractivity contribution in [3.8, 4) is 11.5 Å².